The van der Waals surface area contributed by atoms with E-state index in [4.69, 9.17) is 19.4 Å². The Morgan fingerprint density at radius 3 is 1.16 bits per heavy atom. The zero-order valence-corrected chi connectivity index (χ0v) is 29.8. The Balaban J connectivity index is 1.18. The standard InChI is InChI=1S/C51H33N3O/c1-6-16-34(17-7-1)41-32-44(36-20-10-3-11-21-36)47-45(33-41)46-42(30-31-43(48(46)55-47)35-18-8-2-9-19-35)37-26-28-40(29-27-37)51-53-49(38-22-12-4-13-23-38)52-50(54-51)39-24-14-5-15-25-39/h1-33H. The van der Waals surface area contributed by atoms with Gasteiger partial charge in [0, 0.05) is 38.6 Å². The van der Waals surface area contributed by atoms with Crippen molar-refractivity contribution in [2.75, 3.05) is 0 Å². The molecule has 4 heteroatoms. The summed E-state index contributed by atoms with van der Waals surface area (Å²) in [7, 11) is 0. The van der Waals surface area contributed by atoms with Crippen molar-refractivity contribution < 1.29 is 4.42 Å². The number of rotatable bonds is 7. The van der Waals surface area contributed by atoms with Crippen molar-refractivity contribution in [2.45, 2.75) is 0 Å². The quantitative estimate of drug-likeness (QED) is 0.166. The minimum Gasteiger partial charge on any atom is -0.455 e. The average Bonchev–Trinajstić information content (AvgIpc) is 3.67. The highest BCUT2D eigenvalue weighted by Gasteiger charge is 2.21. The van der Waals surface area contributed by atoms with Crippen LogP contribution in [0.1, 0.15) is 0 Å². The molecule has 0 saturated carbocycles. The van der Waals surface area contributed by atoms with Crippen molar-refractivity contribution in [1.82, 2.24) is 15.0 Å². The van der Waals surface area contributed by atoms with Gasteiger partial charge in [-0.3, -0.25) is 0 Å². The summed E-state index contributed by atoms with van der Waals surface area (Å²) in [4.78, 5) is 14.8. The first-order valence-electron chi connectivity index (χ1n) is 18.4. The smallest absolute Gasteiger partial charge is 0.164 e. The molecule has 0 saturated heterocycles. The third-order valence-electron chi connectivity index (χ3n) is 10.2. The van der Waals surface area contributed by atoms with Gasteiger partial charge < -0.3 is 4.42 Å². The normalized spacial score (nSPS) is 11.3. The Morgan fingerprint density at radius 1 is 0.273 bits per heavy atom. The van der Waals surface area contributed by atoms with Gasteiger partial charge in [-0.2, -0.15) is 0 Å². The highest BCUT2D eigenvalue weighted by Crippen LogP contribution is 2.46. The largest absolute Gasteiger partial charge is 0.455 e. The second-order valence-electron chi connectivity index (χ2n) is 13.6. The van der Waals surface area contributed by atoms with E-state index >= 15 is 0 Å². The number of nitrogens with zero attached hydrogens (tertiary/aromatic N) is 3. The molecule has 0 spiro atoms. The Hall–Kier alpha value is -7.43. The molecule has 0 N–H and O–H groups in total. The van der Waals surface area contributed by atoms with Crippen LogP contribution in [0.15, 0.2) is 205 Å². The fraction of sp³-hybridized carbons (Fsp3) is 0. The summed E-state index contributed by atoms with van der Waals surface area (Å²) < 4.78 is 7.05. The maximum absolute atomic E-state index is 7.05. The third-order valence-corrected chi connectivity index (χ3v) is 10.2. The highest BCUT2D eigenvalue weighted by atomic mass is 16.3. The van der Waals surface area contributed by atoms with Gasteiger partial charge in [-0.15, -0.1) is 0 Å². The Labute approximate surface area is 319 Å². The van der Waals surface area contributed by atoms with Crippen LogP contribution in [0.25, 0.3) is 101 Å². The zero-order chi connectivity index (χ0) is 36.6. The molecular weight excluding hydrogens is 671 g/mol. The van der Waals surface area contributed by atoms with E-state index < -0.39 is 0 Å². The Kier molecular flexibility index (Phi) is 8.12. The van der Waals surface area contributed by atoms with Crippen LogP contribution in [-0.2, 0) is 0 Å². The lowest BCUT2D eigenvalue weighted by atomic mass is 9.91. The second kappa shape index (κ2) is 13.8. The summed E-state index contributed by atoms with van der Waals surface area (Å²) in [6.45, 7) is 0. The fourth-order valence-corrected chi connectivity index (χ4v) is 7.43. The van der Waals surface area contributed by atoms with Crippen LogP contribution >= 0.6 is 0 Å². The number of furan rings is 1. The predicted octanol–water partition coefficient (Wildman–Crippen LogP) is 13.4. The van der Waals surface area contributed by atoms with Crippen molar-refractivity contribution in [3.8, 4) is 78.7 Å². The van der Waals surface area contributed by atoms with E-state index in [-0.39, 0.29) is 0 Å². The molecule has 10 rings (SSSR count). The first kappa shape index (κ1) is 32.2. The molecule has 0 aliphatic carbocycles. The van der Waals surface area contributed by atoms with Crippen LogP contribution in [0.3, 0.4) is 0 Å². The maximum Gasteiger partial charge on any atom is 0.164 e. The summed E-state index contributed by atoms with van der Waals surface area (Å²) in [5.41, 5.74) is 13.3. The molecular formula is C51H33N3O. The van der Waals surface area contributed by atoms with Gasteiger partial charge in [0.1, 0.15) is 11.2 Å². The molecule has 0 aliphatic heterocycles. The van der Waals surface area contributed by atoms with Gasteiger partial charge in [-0.25, -0.2) is 15.0 Å². The molecule has 0 radical (unpaired) electrons. The second-order valence-corrected chi connectivity index (χ2v) is 13.6. The van der Waals surface area contributed by atoms with Crippen molar-refractivity contribution in [3.05, 3.63) is 200 Å². The molecule has 4 nitrogen and oxygen atoms in total. The van der Waals surface area contributed by atoms with Gasteiger partial charge in [-0.1, -0.05) is 182 Å². The third kappa shape index (κ3) is 6.06. The molecule has 0 aliphatic rings. The summed E-state index contributed by atoms with van der Waals surface area (Å²) in [5, 5.41) is 2.15. The minimum absolute atomic E-state index is 0.623. The number of benzene rings is 8. The molecule has 2 aromatic heterocycles. The summed E-state index contributed by atoms with van der Waals surface area (Å²) in [6.07, 6.45) is 0. The lowest BCUT2D eigenvalue weighted by molar-refractivity contribution is 0.671. The average molecular weight is 704 g/mol. The van der Waals surface area contributed by atoms with E-state index in [1.807, 2.05) is 66.7 Å². The molecule has 0 unspecified atom stereocenters. The molecule has 10 aromatic rings. The van der Waals surface area contributed by atoms with Crippen molar-refractivity contribution >= 4 is 21.9 Å². The maximum atomic E-state index is 7.05. The molecule has 8 aromatic carbocycles. The van der Waals surface area contributed by atoms with Gasteiger partial charge in [0.05, 0.1) is 0 Å². The van der Waals surface area contributed by atoms with E-state index in [1.54, 1.807) is 0 Å². The van der Waals surface area contributed by atoms with Crippen LogP contribution in [0.2, 0.25) is 0 Å². The Morgan fingerprint density at radius 2 is 0.655 bits per heavy atom. The SMILES string of the molecule is c1ccc(-c2cc(-c3ccccc3)c3oc4c(-c5ccccc5)ccc(-c5ccc(-c6nc(-c7ccccc7)nc(-c7ccccc7)n6)cc5)c4c3c2)cc1. The molecule has 2 heterocycles. The van der Waals surface area contributed by atoms with Crippen LogP contribution < -0.4 is 0 Å². The minimum atomic E-state index is 0.623. The van der Waals surface area contributed by atoms with E-state index in [2.05, 4.69) is 133 Å². The van der Waals surface area contributed by atoms with Gasteiger partial charge in [0.2, 0.25) is 0 Å². The van der Waals surface area contributed by atoms with Crippen LogP contribution in [0.4, 0.5) is 0 Å². The lowest BCUT2D eigenvalue weighted by Crippen LogP contribution is -2.00. The lowest BCUT2D eigenvalue weighted by Gasteiger charge is -2.11. The Bertz CT molecular complexity index is 2870. The van der Waals surface area contributed by atoms with Crippen molar-refractivity contribution in [3.63, 3.8) is 0 Å². The van der Waals surface area contributed by atoms with E-state index in [0.717, 1.165) is 83.1 Å². The van der Waals surface area contributed by atoms with Gasteiger partial charge >= 0.3 is 0 Å². The number of hydrogen-bond donors (Lipinski definition) is 0. The van der Waals surface area contributed by atoms with E-state index in [0.29, 0.717) is 17.5 Å². The van der Waals surface area contributed by atoms with Crippen LogP contribution in [0.5, 0.6) is 0 Å². The predicted molar refractivity (Wildman–Crippen MR) is 225 cm³/mol. The number of aromatic nitrogens is 3. The summed E-state index contributed by atoms with van der Waals surface area (Å²) in [6, 6.07) is 69.3. The summed E-state index contributed by atoms with van der Waals surface area (Å²) >= 11 is 0. The molecule has 0 atom stereocenters. The van der Waals surface area contributed by atoms with Crippen LogP contribution in [0, 0.1) is 0 Å². The molecule has 0 bridgehead atoms. The summed E-state index contributed by atoms with van der Waals surface area (Å²) in [5.74, 6) is 1.90. The molecule has 55 heavy (non-hydrogen) atoms. The number of hydrogen-bond acceptors (Lipinski definition) is 4. The topological polar surface area (TPSA) is 51.8 Å². The van der Waals surface area contributed by atoms with E-state index in [1.165, 1.54) is 0 Å². The monoisotopic (exact) mass is 703 g/mol. The van der Waals surface area contributed by atoms with Gasteiger partial charge in [0.15, 0.2) is 17.5 Å². The number of fused-ring (bicyclic) bond motifs is 3. The van der Waals surface area contributed by atoms with Crippen molar-refractivity contribution in [1.29, 1.82) is 0 Å². The first-order valence-corrected chi connectivity index (χ1v) is 18.4. The molecule has 258 valence electrons. The fourth-order valence-electron chi connectivity index (χ4n) is 7.43. The van der Waals surface area contributed by atoms with Crippen molar-refractivity contribution in [2.24, 2.45) is 0 Å². The highest BCUT2D eigenvalue weighted by molar-refractivity contribution is 6.19. The van der Waals surface area contributed by atoms with E-state index in [9.17, 15) is 0 Å². The van der Waals surface area contributed by atoms with Gasteiger partial charge in [-0.05, 0) is 51.6 Å². The van der Waals surface area contributed by atoms with Crippen LogP contribution in [-0.4, -0.2) is 15.0 Å². The molecule has 0 amide bonds. The first-order chi connectivity index (χ1) is 27.3. The molecule has 0 fully saturated rings. The van der Waals surface area contributed by atoms with Gasteiger partial charge in [0.25, 0.3) is 0 Å². The zero-order valence-electron chi connectivity index (χ0n) is 29.8.